The molecule has 1 aromatic carbocycles. The largest absolute Gasteiger partial charge is 0.341 e. The van der Waals surface area contributed by atoms with Gasteiger partial charge in [-0.3, -0.25) is 0 Å². The number of anilines is 1. The van der Waals surface area contributed by atoms with Gasteiger partial charge in [0.1, 0.15) is 0 Å². The van der Waals surface area contributed by atoms with Crippen molar-refractivity contribution in [3.8, 4) is 0 Å². The Morgan fingerprint density at radius 3 is 2.60 bits per heavy atom. The summed E-state index contributed by atoms with van der Waals surface area (Å²) in [7, 11) is -2.28. The average Bonchev–Trinajstić information content (AvgIpc) is 2.17. The fourth-order valence-corrected chi connectivity index (χ4v) is 1.50. The van der Waals surface area contributed by atoms with E-state index in [2.05, 4.69) is 10.6 Å². The Morgan fingerprint density at radius 2 is 2.07 bits per heavy atom. The van der Waals surface area contributed by atoms with E-state index < -0.39 is 16.1 Å². The van der Waals surface area contributed by atoms with Gasteiger partial charge >= 0.3 is 6.03 Å². The van der Waals surface area contributed by atoms with Crippen molar-refractivity contribution < 1.29 is 13.2 Å². The number of primary sulfonamides is 1. The first-order valence-corrected chi connectivity index (χ1v) is 5.59. The van der Waals surface area contributed by atoms with Gasteiger partial charge in [0.25, 0.3) is 0 Å². The van der Waals surface area contributed by atoms with Gasteiger partial charge in [-0.05, 0) is 18.2 Å². The van der Waals surface area contributed by atoms with Crippen molar-refractivity contribution in [3.05, 3.63) is 24.3 Å². The molecule has 0 aromatic heterocycles. The fourth-order valence-electron chi connectivity index (χ4n) is 0.944. The van der Waals surface area contributed by atoms with Crippen molar-refractivity contribution in [3.63, 3.8) is 0 Å². The van der Waals surface area contributed by atoms with E-state index in [0.29, 0.717) is 5.69 Å². The minimum absolute atomic E-state index is 0.0450. The van der Waals surface area contributed by atoms with Crippen LogP contribution in [-0.2, 0) is 10.0 Å². The molecule has 0 spiro atoms. The average molecular weight is 229 g/mol. The van der Waals surface area contributed by atoms with Crippen molar-refractivity contribution in [2.45, 2.75) is 4.90 Å². The van der Waals surface area contributed by atoms with E-state index in [1.165, 1.54) is 25.2 Å². The maximum absolute atomic E-state index is 11.0. The Bertz CT molecular complexity index is 470. The molecule has 0 atom stereocenters. The van der Waals surface area contributed by atoms with Crippen molar-refractivity contribution in [1.29, 1.82) is 0 Å². The summed E-state index contributed by atoms with van der Waals surface area (Å²) in [4.78, 5) is 10.9. The molecule has 1 rings (SSSR count). The van der Waals surface area contributed by atoms with Crippen molar-refractivity contribution in [2.75, 3.05) is 12.4 Å². The number of sulfonamides is 1. The normalized spacial score (nSPS) is 10.8. The molecule has 0 saturated heterocycles. The summed E-state index contributed by atoms with van der Waals surface area (Å²) in [6, 6.07) is 5.26. The molecule has 1 aromatic rings. The predicted molar refractivity (Wildman–Crippen MR) is 55.9 cm³/mol. The van der Waals surface area contributed by atoms with Gasteiger partial charge in [-0.1, -0.05) is 6.07 Å². The molecule has 15 heavy (non-hydrogen) atoms. The SMILES string of the molecule is CNC(=O)Nc1cccc(S(N)(=O)=O)c1. The van der Waals surface area contributed by atoms with Crippen molar-refractivity contribution in [2.24, 2.45) is 5.14 Å². The van der Waals surface area contributed by atoms with Crippen LogP contribution in [0.15, 0.2) is 29.2 Å². The highest BCUT2D eigenvalue weighted by molar-refractivity contribution is 7.89. The van der Waals surface area contributed by atoms with Crippen molar-refractivity contribution >= 4 is 21.7 Å². The van der Waals surface area contributed by atoms with Crippen molar-refractivity contribution in [1.82, 2.24) is 5.32 Å². The van der Waals surface area contributed by atoms with Gasteiger partial charge in [0.15, 0.2) is 0 Å². The molecule has 82 valence electrons. The van der Waals surface area contributed by atoms with Crippen LogP contribution in [0.2, 0.25) is 0 Å². The molecule has 7 heteroatoms. The molecule has 4 N–H and O–H groups in total. The highest BCUT2D eigenvalue weighted by atomic mass is 32.2. The van der Waals surface area contributed by atoms with Crippen LogP contribution in [0.4, 0.5) is 10.5 Å². The summed E-state index contributed by atoms with van der Waals surface area (Å²) in [5.41, 5.74) is 0.362. The number of nitrogens with two attached hydrogens (primary N) is 1. The molecule has 0 unspecified atom stereocenters. The monoisotopic (exact) mass is 229 g/mol. The molecular formula is C8H11N3O3S. The summed E-state index contributed by atoms with van der Waals surface area (Å²) in [5.74, 6) is 0. The number of hydrogen-bond donors (Lipinski definition) is 3. The maximum Gasteiger partial charge on any atom is 0.318 e. The summed E-state index contributed by atoms with van der Waals surface area (Å²) >= 11 is 0. The Hall–Kier alpha value is -1.60. The van der Waals surface area contributed by atoms with Gasteiger partial charge in [0.05, 0.1) is 4.90 Å². The van der Waals surface area contributed by atoms with E-state index in [-0.39, 0.29) is 4.90 Å². The number of nitrogens with one attached hydrogen (secondary N) is 2. The van der Waals surface area contributed by atoms with Gasteiger partial charge in [-0.25, -0.2) is 18.4 Å². The molecule has 2 amide bonds. The molecule has 0 bridgehead atoms. The van der Waals surface area contributed by atoms with Crippen LogP contribution in [-0.4, -0.2) is 21.5 Å². The van der Waals surface area contributed by atoms with Crippen LogP contribution in [0.3, 0.4) is 0 Å². The second kappa shape index (κ2) is 4.28. The Labute approximate surface area is 87.5 Å². The Morgan fingerprint density at radius 1 is 1.40 bits per heavy atom. The number of carbonyl (C=O) groups excluding carboxylic acids is 1. The minimum atomic E-state index is -3.74. The van der Waals surface area contributed by atoms with E-state index >= 15 is 0 Å². The fraction of sp³-hybridized carbons (Fsp3) is 0.125. The third-order valence-electron chi connectivity index (χ3n) is 1.65. The summed E-state index contributed by atoms with van der Waals surface area (Å²) in [6.45, 7) is 0. The lowest BCUT2D eigenvalue weighted by Gasteiger charge is -2.05. The zero-order valence-electron chi connectivity index (χ0n) is 8.02. The number of carbonyl (C=O) groups is 1. The van der Waals surface area contributed by atoms with Gasteiger partial charge in [0.2, 0.25) is 10.0 Å². The van der Waals surface area contributed by atoms with Gasteiger partial charge in [-0.15, -0.1) is 0 Å². The third-order valence-corrected chi connectivity index (χ3v) is 2.56. The molecule has 0 heterocycles. The highest BCUT2D eigenvalue weighted by Gasteiger charge is 2.08. The van der Waals surface area contributed by atoms with Crippen LogP contribution in [0.5, 0.6) is 0 Å². The number of urea groups is 1. The van der Waals surface area contributed by atoms with E-state index in [1.807, 2.05) is 0 Å². The molecule has 0 aliphatic carbocycles. The first kappa shape index (κ1) is 11.5. The molecule has 0 fully saturated rings. The molecule has 0 radical (unpaired) electrons. The highest BCUT2D eigenvalue weighted by Crippen LogP contribution is 2.13. The molecule has 6 nitrogen and oxygen atoms in total. The summed E-state index contributed by atoms with van der Waals surface area (Å²) in [5, 5.41) is 9.71. The topological polar surface area (TPSA) is 101 Å². The lowest BCUT2D eigenvalue weighted by Crippen LogP contribution is -2.24. The molecule has 0 aliphatic heterocycles. The smallest absolute Gasteiger partial charge is 0.318 e. The van der Waals surface area contributed by atoms with Crippen LogP contribution in [0.1, 0.15) is 0 Å². The lowest BCUT2D eigenvalue weighted by atomic mass is 10.3. The van der Waals surface area contributed by atoms with E-state index in [9.17, 15) is 13.2 Å². The first-order chi connectivity index (χ1) is 6.93. The van der Waals surface area contributed by atoms with E-state index in [0.717, 1.165) is 0 Å². The van der Waals surface area contributed by atoms with Crippen LogP contribution >= 0.6 is 0 Å². The third kappa shape index (κ3) is 3.22. The Kier molecular flexibility index (Phi) is 3.28. The Balaban J connectivity index is 2.99. The number of hydrogen-bond acceptors (Lipinski definition) is 3. The zero-order valence-corrected chi connectivity index (χ0v) is 8.84. The van der Waals surface area contributed by atoms with Crippen LogP contribution in [0, 0.1) is 0 Å². The molecule has 0 saturated carbocycles. The number of rotatable bonds is 2. The molecule has 0 aliphatic rings. The number of amides is 2. The van der Waals surface area contributed by atoms with Gasteiger partial charge < -0.3 is 10.6 Å². The summed E-state index contributed by atoms with van der Waals surface area (Å²) in [6.07, 6.45) is 0. The van der Waals surface area contributed by atoms with Crippen LogP contribution < -0.4 is 15.8 Å². The zero-order chi connectivity index (χ0) is 11.5. The first-order valence-electron chi connectivity index (χ1n) is 4.05. The standard InChI is InChI=1S/C8H11N3O3S/c1-10-8(12)11-6-3-2-4-7(5-6)15(9,13)14/h2-5H,1H3,(H2,9,13,14)(H2,10,11,12). The van der Waals surface area contributed by atoms with E-state index in [4.69, 9.17) is 5.14 Å². The quantitative estimate of drug-likeness (QED) is 0.669. The van der Waals surface area contributed by atoms with Gasteiger partial charge in [0, 0.05) is 12.7 Å². The van der Waals surface area contributed by atoms with Crippen LogP contribution in [0.25, 0.3) is 0 Å². The molecular weight excluding hydrogens is 218 g/mol. The second-order valence-electron chi connectivity index (χ2n) is 2.78. The maximum atomic E-state index is 11.0. The van der Waals surface area contributed by atoms with Gasteiger partial charge in [-0.2, -0.15) is 0 Å². The predicted octanol–water partition coefficient (Wildman–Crippen LogP) is 0.0853. The lowest BCUT2D eigenvalue weighted by molar-refractivity contribution is 0.254. The second-order valence-corrected chi connectivity index (χ2v) is 4.34. The summed E-state index contributed by atoms with van der Waals surface area (Å²) < 4.78 is 22.0. The minimum Gasteiger partial charge on any atom is -0.341 e. The number of benzene rings is 1. The van der Waals surface area contributed by atoms with E-state index in [1.54, 1.807) is 6.07 Å².